The Hall–Kier alpha value is -3.42. The monoisotopic (exact) mass is 431 g/mol. The average Bonchev–Trinajstić information content (AvgIpc) is 3.12. The zero-order valence-electron chi connectivity index (χ0n) is 17.2. The molecule has 0 heterocycles. The first-order chi connectivity index (χ1) is 15.2. The number of halogens is 1. The van der Waals surface area contributed by atoms with Gasteiger partial charge in [0.2, 0.25) is 0 Å². The van der Waals surface area contributed by atoms with Crippen molar-refractivity contribution in [2.75, 3.05) is 20.3 Å². The molecule has 1 N–H and O–H groups in total. The summed E-state index contributed by atoms with van der Waals surface area (Å²) in [6.07, 6.45) is 0.0756. The summed E-state index contributed by atoms with van der Waals surface area (Å²) in [5.41, 5.74) is 5.62. The molecule has 0 saturated heterocycles. The Labute approximate surface area is 187 Å². The van der Waals surface area contributed by atoms with Crippen LogP contribution in [0.1, 0.15) is 29.0 Å². The van der Waals surface area contributed by atoms with Gasteiger partial charge in [-0.2, -0.15) is 0 Å². The summed E-state index contributed by atoms with van der Waals surface area (Å²) in [6.45, 7) is 0.713. The first-order valence-electron chi connectivity index (χ1n) is 10.1. The van der Waals surface area contributed by atoms with Crippen LogP contribution in [-0.4, -0.2) is 26.4 Å². The molecule has 1 aliphatic carbocycles. The van der Waals surface area contributed by atoms with Crippen LogP contribution in [0.3, 0.4) is 0 Å². The van der Waals surface area contributed by atoms with Crippen molar-refractivity contribution in [2.45, 2.75) is 12.3 Å². The molecule has 1 aliphatic rings. The second kappa shape index (κ2) is 9.59. The van der Waals surface area contributed by atoms with Crippen LogP contribution in [0.25, 0.3) is 11.1 Å². The summed E-state index contributed by atoms with van der Waals surface area (Å²) in [6, 6.07) is 21.9. The summed E-state index contributed by atoms with van der Waals surface area (Å²) in [7, 11) is 1.57. The van der Waals surface area contributed by atoms with Crippen molar-refractivity contribution < 1.29 is 14.3 Å². The molecule has 0 fully saturated rings. The van der Waals surface area contributed by atoms with E-state index in [4.69, 9.17) is 21.1 Å². The van der Waals surface area contributed by atoms with Gasteiger partial charge in [0.25, 0.3) is 0 Å². The van der Waals surface area contributed by atoms with E-state index in [1.807, 2.05) is 30.3 Å². The summed E-state index contributed by atoms with van der Waals surface area (Å²) >= 11 is 6.01. The van der Waals surface area contributed by atoms with Gasteiger partial charge in [-0.15, -0.1) is 0 Å². The van der Waals surface area contributed by atoms with Gasteiger partial charge in [-0.25, -0.2) is 4.79 Å². The van der Waals surface area contributed by atoms with Gasteiger partial charge in [0, 0.05) is 24.4 Å². The van der Waals surface area contributed by atoms with Crippen molar-refractivity contribution in [3.8, 4) is 28.7 Å². The standard InChI is InChI=1S/C26H22ClNO3/c1-30-25-16-18(13-14-24(25)27)8-6-7-15-28-26(29)31-17-23-21-11-4-2-9-19(21)20-10-3-5-12-22(20)23/h2-5,9-14,16,23H,7,15,17H2,1H3,(H,28,29). The molecule has 4 nitrogen and oxygen atoms in total. The number of nitrogens with one attached hydrogen (secondary N) is 1. The van der Waals surface area contributed by atoms with Crippen LogP contribution in [0, 0.1) is 11.8 Å². The predicted octanol–water partition coefficient (Wildman–Crippen LogP) is 5.63. The van der Waals surface area contributed by atoms with E-state index >= 15 is 0 Å². The molecule has 0 aromatic heterocycles. The normalized spacial score (nSPS) is 11.7. The third-order valence-corrected chi connectivity index (χ3v) is 5.56. The smallest absolute Gasteiger partial charge is 0.407 e. The van der Waals surface area contributed by atoms with Crippen LogP contribution >= 0.6 is 11.6 Å². The number of carbonyl (C=O) groups excluding carboxylic acids is 1. The zero-order valence-corrected chi connectivity index (χ0v) is 17.9. The van der Waals surface area contributed by atoms with Gasteiger partial charge in [0.15, 0.2) is 0 Å². The Morgan fingerprint density at radius 2 is 1.71 bits per heavy atom. The SMILES string of the molecule is COc1cc(C#CCCNC(=O)OCC2c3ccccc3-c3ccccc32)ccc1Cl. The molecule has 156 valence electrons. The van der Waals surface area contributed by atoms with Gasteiger partial charge < -0.3 is 14.8 Å². The molecule has 31 heavy (non-hydrogen) atoms. The lowest BCUT2D eigenvalue weighted by atomic mass is 9.98. The Balaban J connectivity index is 1.28. The third-order valence-electron chi connectivity index (χ3n) is 5.25. The molecule has 0 saturated carbocycles. The highest BCUT2D eigenvalue weighted by molar-refractivity contribution is 6.32. The molecule has 0 radical (unpaired) electrons. The molecule has 1 amide bonds. The number of hydrogen-bond donors (Lipinski definition) is 1. The Bertz CT molecular complexity index is 1120. The number of fused-ring (bicyclic) bond motifs is 3. The second-order valence-corrected chi connectivity index (χ2v) is 7.56. The number of carbonyl (C=O) groups is 1. The molecule has 0 bridgehead atoms. The van der Waals surface area contributed by atoms with Crippen LogP contribution in [-0.2, 0) is 4.74 Å². The van der Waals surface area contributed by atoms with Crippen molar-refractivity contribution in [3.05, 3.63) is 88.4 Å². The van der Waals surface area contributed by atoms with E-state index in [0.717, 1.165) is 5.56 Å². The van der Waals surface area contributed by atoms with Gasteiger partial charge in [-0.3, -0.25) is 0 Å². The number of methoxy groups -OCH3 is 1. The average molecular weight is 432 g/mol. The minimum atomic E-state index is -0.433. The summed E-state index contributed by atoms with van der Waals surface area (Å²) in [5.74, 6) is 6.71. The first-order valence-corrected chi connectivity index (χ1v) is 10.5. The molecular weight excluding hydrogens is 410 g/mol. The molecule has 3 aromatic rings. The minimum Gasteiger partial charge on any atom is -0.495 e. The Morgan fingerprint density at radius 3 is 2.39 bits per heavy atom. The van der Waals surface area contributed by atoms with Crippen molar-refractivity contribution in [1.29, 1.82) is 0 Å². The molecule has 0 unspecified atom stereocenters. The molecule has 0 atom stereocenters. The van der Waals surface area contributed by atoms with E-state index in [-0.39, 0.29) is 5.92 Å². The van der Waals surface area contributed by atoms with Crippen LogP contribution in [0.15, 0.2) is 66.7 Å². The largest absolute Gasteiger partial charge is 0.495 e. The summed E-state index contributed by atoms with van der Waals surface area (Å²) in [5, 5.41) is 3.31. The van der Waals surface area contributed by atoms with Crippen molar-refractivity contribution in [2.24, 2.45) is 0 Å². The second-order valence-electron chi connectivity index (χ2n) is 7.15. The van der Waals surface area contributed by atoms with Gasteiger partial charge >= 0.3 is 6.09 Å². The number of benzene rings is 3. The number of rotatable bonds is 5. The maximum Gasteiger partial charge on any atom is 0.407 e. The van der Waals surface area contributed by atoms with E-state index in [1.54, 1.807) is 19.2 Å². The maximum atomic E-state index is 12.2. The van der Waals surface area contributed by atoms with E-state index in [9.17, 15) is 4.79 Å². The van der Waals surface area contributed by atoms with E-state index < -0.39 is 6.09 Å². The van der Waals surface area contributed by atoms with Crippen molar-refractivity contribution in [3.63, 3.8) is 0 Å². The number of amides is 1. The lowest BCUT2D eigenvalue weighted by Crippen LogP contribution is -2.26. The van der Waals surface area contributed by atoms with Gasteiger partial charge in [-0.1, -0.05) is 72.0 Å². The van der Waals surface area contributed by atoms with E-state index in [0.29, 0.717) is 30.3 Å². The molecule has 0 spiro atoms. The molecule has 4 rings (SSSR count). The van der Waals surface area contributed by atoms with Crippen LogP contribution < -0.4 is 10.1 Å². The quantitative estimate of drug-likeness (QED) is 0.420. The number of alkyl carbamates (subject to hydrolysis) is 1. The number of ether oxygens (including phenoxy) is 2. The zero-order chi connectivity index (χ0) is 21.6. The lowest BCUT2D eigenvalue weighted by molar-refractivity contribution is 0.143. The predicted molar refractivity (Wildman–Crippen MR) is 123 cm³/mol. The van der Waals surface area contributed by atoms with Gasteiger partial charge in [0.05, 0.1) is 12.1 Å². The van der Waals surface area contributed by atoms with Crippen LogP contribution in [0.4, 0.5) is 4.79 Å². The molecule has 0 aliphatic heterocycles. The third kappa shape index (κ3) is 4.68. The molecular formula is C26H22ClNO3. The maximum absolute atomic E-state index is 12.2. The Morgan fingerprint density at radius 1 is 1.03 bits per heavy atom. The fourth-order valence-corrected chi connectivity index (χ4v) is 3.97. The van der Waals surface area contributed by atoms with Crippen molar-refractivity contribution in [1.82, 2.24) is 5.32 Å². The minimum absolute atomic E-state index is 0.0535. The highest BCUT2D eigenvalue weighted by atomic mass is 35.5. The topological polar surface area (TPSA) is 47.6 Å². The lowest BCUT2D eigenvalue weighted by Gasteiger charge is -2.14. The van der Waals surface area contributed by atoms with E-state index in [1.165, 1.54) is 22.3 Å². The number of hydrogen-bond acceptors (Lipinski definition) is 3. The van der Waals surface area contributed by atoms with Gasteiger partial charge in [0.1, 0.15) is 12.4 Å². The Kier molecular flexibility index (Phi) is 6.45. The van der Waals surface area contributed by atoms with Gasteiger partial charge in [-0.05, 0) is 40.5 Å². The molecule has 3 aromatic carbocycles. The highest BCUT2D eigenvalue weighted by Gasteiger charge is 2.28. The van der Waals surface area contributed by atoms with E-state index in [2.05, 4.69) is 41.4 Å². The summed E-state index contributed by atoms with van der Waals surface area (Å²) < 4.78 is 10.7. The first kappa shape index (κ1) is 20.8. The highest BCUT2D eigenvalue weighted by Crippen LogP contribution is 2.44. The fourth-order valence-electron chi connectivity index (χ4n) is 3.78. The molecule has 5 heteroatoms. The fraction of sp³-hybridized carbons (Fsp3) is 0.192. The van der Waals surface area contributed by atoms with Crippen LogP contribution in [0.2, 0.25) is 5.02 Å². The van der Waals surface area contributed by atoms with Crippen LogP contribution in [0.5, 0.6) is 5.75 Å². The van der Waals surface area contributed by atoms with Crippen molar-refractivity contribution >= 4 is 17.7 Å². The summed E-state index contributed by atoms with van der Waals surface area (Å²) in [4.78, 5) is 12.2.